The lowest BCUT2D eigenvalue weighted by molar-refractivity contribution is 0.414. The fourth-order valence-electron chi connectivity index (χ4n) is 3.46. The second-order valence-corrected chi connectivity index (χ2v) is 6.98. The molecule has 1 fully saturated rings. The Bertz CT molecular complexity index is 652. The number of guanidine groups is 1. The van der Waals surface area contributed by atoms with Crippen molar-refractivity contribution in [3.8, 4) is 5.75 Å². The summed E-state index contributed by atoms with van der Waals surface area (Å²) in [5, 5.41) is 7.11. The number of para-hydroxylation sites is 1. The van der Waals surface area contributed by atoms with Gasteiger partial charge in [-0.3, -0.25) is 0 Å². The zero-order valence-corrected chi connectivity index (χ0v) is 15.1. The van der Waals surface area contributed by atoms with Crippen molar-refractivity contribution >= 4 is 23.3 Å². The van der Waals surface area contributed by atoms with Crippen LogP contribution in [-0.2, 0) is 0 Å². The molecule has 1 unspecified atom stereocenters. The van der Waals surface area contributed by atoms with Gasteiger partial charge in [0.15, 0.2) is 0 Å². The Balaban J connectivity index is 1.84. The van der Waals surface area contributed by atoms with Crippen LogP contribution >= 0.6 is 11.6 Å². The predicted molar refractivity (Wildman–Crippen MR) is 98.9 cm³/mol. The Hall–Kier alpha value is -1.75. The van der Waals surface area contributed by atoms with Crippen LogP contribution < -0.4 is 10.5 Å². The van der Waals surface area contributed by atoms with Gasteiger partial charge in [-0.2, -0.15) is 5.10 Å². The van der Waals surface area contributed by atoms with Gasteiger partial charge in [0.2, 0.25) is 5.96 Å². The van der Waals surface area contributed by atoms with Crippen LogP contribution in [0.15, 0.2) is 28.3 Å². The van der Waals surface area contributed by atoms with E-state index in [4.69, 9.17) is 32.2 Å². The molecule has 6 heteroatoms. The largest absolute Gasteiger partial charge is 0.494 e. The molecule has 1 aliphatic heterocycles. The van der Waals surface area contributed by atoms with Crippen LogP contribution in [0.5, 0.6) is 5.75 Å². The Morgan fingerprint density at radius 2 is 2.08 bits per heavy atom. The maximum atomic E-state index is 6.24. The molecular formula is C18H25ClN4O. The quantitative estimate of drug-likeness (QED) is 0.669. The zero-order chi connectivity index (χ0) is 17.1. The van der Waals surface area contributed by atoms with Gasteiger partial charge in [0.1, 0.15) is 5.75 Å². The number of hydrogen-bond donors (Lipinski definition) is 1. The highest BCUT2D eigenvalue weighted by molar-refractivity contribution is 6.32. The molecular weight excluding hydrogens is 324 g/mol. The van der Waals surface area contributed by atoms with E-state index in [-0.39, 0.29) is 5.92 Å². The summed E-state index contributed by atoms with van der Waals surface area (Å²) in [6.45, 7) is 2.86. The summed E-state index contributed by atoms with van der Waals surface area (Å²) in [5.74, 6) is 1.41. The molecule has 0 aromatic heterocycles. The van der Waals surface area contributed by atoms with Crippen LogP contribution in [0.1, 0.15) is 44.6 Å². The molecule has 24 heavy (non-hydrogen) atoms. The summed E-state index contributed by atoms with van der Waals surface area (Å²) >= 11 is 6.24. The van der Waals surface area contributed by atoms with Crippen molar-refractivity contribution < 1.29 is 4.74 Å². The zero-order valence-electron chi connectivity index (χ0n) is 14.3. The first-order valence-electron chi connectivity index (χ1n) is 8.62. The summed E-state index contributed by atoms with van der Waals surface area (Å²) in [6, 6.07) is 6.06. The standard InChI is InChI=1S/C18H25ClN4O/c1-12-11-23(18(20)21-13-7-4-3-5-8-13)22-16(12)14-9-6-10-15(19)17(14)24-2/h6,9-10,12-13H,3-5,7-8,11H2,1-2H3,(H2,20,21). The summed E-state index contributed by atoms with van der Waals surface area (Å²) < 4.78 is 5.46. The number of nitrogens with two attached hydrogens (primary N) is 1. The van der Waals surface area contributed by atoms with Crippen molar-refractivity contribution in [2.75, 3.05) is 13.7 Å². The molecule has 3 rings (SSSR count). The maximum Gasteiger partial charge on any atom is 0.212 e. The van der Waals surface area contributed by atoms with Gasteiger partial charge in [0, 0.05) is 11.5 Å². The SMILES string of the molecule is COc1c(Cl)cccc1C1=NN(C(N)=NC2CCCCC2)CC1C. The lowest BCUT2D eigenvalue weighted by Crippen LogP contribution is -2.34. The van der Waals surface area contributed by atoms with Gasteiger partial charge in [-0.1, -0.05) is 43.9 Å². The second kappa shape index (κ2) is 7.43. The minimum absolute atomic E-state index is 0.234. The van der Waals surface area contributed by atoms with Crippen molar-refractivity contribution in [2.24, 2.45) is 21.7 Å². The van der Waals surface area contributed by atoms with Crippen molar-refractivity contribution in [3.05, 3.63) is 28.8 Å². The van der Waals surface area contributed by atoms with Gasteiger partial charge in [-0.05, 0) is 25.0 Å². The van der Waals surface area contributed by atoms with Crippen LogP contribution in [0.2, 0.25) is 5.02 Å². The number of hydrogen-bond acceptors (Lipinski definition) is 3. The molecule has 0 bridgehead atoms. The minimum Gasteiger partial charge on any atom is -0.494 e. The molecule has 2 N–H and O–H groups in total. The number of aliphatic imine (C=N–C) groups is 1. The first-order chi connectivity index (χ1) is 11.6. The number of hydrazone groups is 1. The van der Waals surface area contributed by atoms with Gasteiger partial charge >= 0.3 is 0 Å². The topological polar surface area (TPSA) is 63.2 Å². The number of nitrogens with zero attached hydrogens (tertiary/aromatic N) is 3. The minimum atomic E-state index is 0.234. The fraction of sp³-hybridized carbons (Fsp3) is 0.556. The average molecular weight is 349 g/mol. The molecule has 1 saturated carbocycles. The first-order valence-corrected chi connectivity index (χ1v) is 9.00. The van der Waals surface area contributed by atoms with E-state index in [1.165, 1.54) is 19.3 Å². The summed E-state index contributed by atoms with van der Waals surface area (Å²) in [4.78, 5) is 4.70. The van der Waals surface area contributed by atoms with Crippen LogP contribution in [0.25, 0.3) is 0 Å². The second-order valence-electron chi connectivity index (χ2n) is 6.57. The Morgan fingerprint density at radius 3 is 2.79 bits per heavy atom. The number of benzene rings is 1. The highest BCUT2D eigenvalue weighted by Gasteiger charge is 2.29. The maximum absolute atomic E-state index is 6.24. The van der Waals surface area contributed by atoms with E-state index >= 15 is 0 Å². The third kappa shape index (κ3) is 3.51. The Kier molecular flexibility index (Phi) is 5.29. The van der Waals surface area contributed by atoms with E-state index in [2.05, 4.69) is 6.92 Å². The molecule has 1 aromatic carbocycles. The van der Waals surface area contributed by atoms with Crippen LogP contribution in [-0.4, -0.2) is 36.4 Å². The molecule has 0 saturated heterocycles. The van der Waals surface area contributed by atoms with Crippen molar-refractivity contribution in [2.45, 2.75) is 45.1 Å². The van der Waals surface area contributed by atoms with Crippen LogP contribution in [0.4, 0.5) is 0 Å². The predicted octanol–water partition coefficient (Wildman–Crippen LogP) is 3.65. The van der Waals surface area contributed by atoms with E-state index in [9.17, 15) is 0 Å². The van der Waals surface area contributed by atoms with Gasteiger partial charge in [-0.25, -0.2) is 10.0 Å². The smallest absolute Gasteiger partial charge is 0.212 e. The van der Waals surface area contributed by atoms with Crippen molar-refractivity contribution in [3.63, 3.8) is 0 Å². The lowest BCUT2D eigenvalue weighted by atomic mass is 9.96. The molecule has 0 spiro atoms. The Morgan fingerprint density at radius 1 is 1.33 bits per heavy atom. The molecule has 1 atom stereocenters. The van der Waals surface area contributed by atoms with E-state index in [0.717, 1.165) is 30.7 Å². The van der Waals surface area contributed by atoms with Crippen LogP contribution in [0.3, 0.4) is 0 Å². The summed E-state index contributed by atoms with van der Waals surface area (Å²) in [5.41, 5.74) is 8.09. The summed E-state index contributed by atoms with van der Waals surface area (Å²) in [6.07, 6.45) is 6.05. The van der Waals surface area contributed by atoms with E-state index in [1.807, 2.05) is 23.2 Å². The number of methoxy groups -OCH3 is 1. The highest BCUT2D eigenvalue weighted by atomic mass is 35.5. The normalized spacial score (nSPS) is 22.6. The van der Waals surface area contributed by atoms with E-state index < -0.39 is 0 Å². The summed E-state index contributed by atoms with van der Waals surface area (Å²) in [7, 11) is 1.63. The molecule has 1 aromatic rings. The monoisotopic (exact) mass is 348 g/mol. The van der Waals surface area contributed by atoms with E-state index in [0.29, 0.717) is 22.8 Å². The van der Waals surface area contributed by atoms with Crippen molar-refractivity contribution in [1.82, 2.24) is 5.01 Å². The molecule has 130 valence electrons. The van der Waals surface area contributed by atoms with Gasteiger partial charge in [-0.15, -0.1) is 0 Å². The highest BCUT2D eigenvalue weighted by Crippen LogP contribution is 2.32. The van der Waals surface area contributed by atoms with E-state index in [1.54, 1.807) is 7.11 Å². The molecule has 0 radical (unpaired) electrons. The third-order valence-corrected chi connectivity index (χ3v) is 5.04. The molecule has 0 amide bonds. The first kappa shape index (κ1) is 17.1. The molecule has 1 aliphatic carbocycles. The molecule has 1 heterocycles. The number of ether oxygens (including phenoxy) is 1. The van der Waals surface area contributed by atoms with Gasteiger partial charge in [0.05, 0.1) is 30.4 Å². The average Bonchev–Trinajstić information content (AvgIpc) is 2.97. The Labute approximate surface area is 148 Å². The van der Waals surface area contributed by atoms with Gasteiger partial charge < -0.3 is 10.5 Å². The van der Waals surface area contributed by atoms with Crippen molar-refractivity contribution in [1.29, 1.82) is 0 Å². The fourth-order valence-corrected chi connectivity index (χ4v) is 3.71. The third-order valence-electron chi connectivity index (χ3n) is 4.74. The number of halogens is 1. The van der Waals surface area contributed by atoms with Gasteiger partial charge in [0.25, 0.3) is 0 Å². The molecule has 5 nitrogen and oxygen atoms in total. The molecule has 2 aliphatic rings. The number of rotatable bonds is 3. The van der Waals surface area contributed by atoms with Crippen LogP contribution in [0, 0.1) is 5.92 Å². The lowest BCUT2D eigenvalue weighted by Gasteiger charge is -2.20.